The number of carboxylic acid groups (broad SMARTS) is 1. The van der Waals surface area contributed by atoms with Crippen LogP contribution in [-0.2, 0) is 36.7 Å². The number of phenolic OH excluding ortho intramolecular Hbond substituents is 2. The van der Waals surface area contributed by atoms with Crippen LogP contribution in [0.25, 0.3) is 0 Å². The number of benzene rings is 2. The molecule has 3 rings (SSSR count). The summed E-state index contributed by atoms with van der Waals surface area (Å²) in [5, 5.41) is 49.4. The first-order valence-electron chi connectivity index (χ1n) is 11.1. The third-order valence-electron chi connectivity index (χ3n) is 5.91. The van der Waals surface area contributed by atoms with Gasteiger partial charge in [-0.3, -0.25) is 9.59 Å². The summed E-state index contributed by atoms with van der Waals surface area (Å²) in [6.07, 6.45) is -5.05. The molecule has 2 aromatic carbocycles. The fourth-order valence-corrected chi connectivity index (χ4v) is 3.90. The molecule has 0 aliphatic heterocycles. The predicted octanol–water partition coefficient (Wildman–Crippen LogP) is 1.46. The molecule has 0 bridgehead atoms. The highest BCUT2D eigenvalue weighted by Gasteiger charge is 2.52. The van der Waals surface area contributed by atoms with Crippen LogP contribution in [0, 0.1) is 0 Å². The fraction of sp³-hybridized carbons (Fsp3) is 0.400. The number of aliphatic carboxylic acids is 1. The lowest BCUT2D eigenvalue weighted by molar-refractivity contribution is -0.206. The zero-order valence-electron chi connectivity index (χ0n) is 18.9. The monoisotopic (exact) mass is 488 g/mol. The fourth-order valence-electron chi connectivity index (χ4n) is 3.90. The van der Waals surface area contributed by atoms with E-state index in [0.717, 1.165) is 11.1 Å². The van der Waals surface area contributed by atoms with Crippen molar-refractivity contribution >= 4 is 17.9 Å². The molecule has 0 saturated heterocycles. The number of aliphatic hydroxyl groups is 2. The van der Waals surface area contributed by atoms with Crippen molar-refractivity contribution in [2.45, 2.75) is 62.4 Å². The Kier molecular flexibility index (Phi) is 8.31. The molecule has 2 aromatic rings. The van der Waals surface area contributed by atoms with Crippen LogP contribution in [0.5, 0.6) is 11.5 Å². The van der Waals surface area contributed by atoms with Gasteiger partial charge in [0.2, 0.25) is 0 Å². The molecule has 0 aromatic heterocycles. The third-order valence-corrected chi connectivity index (χ3v) is 5.91. The molecule has 0 heterocycles. The van der Waals surface area contributed by atoms with E-state index in [0.29, 0.717) is 0 Å². The van der Waals surface area contributed by atoms with Gasteiger partial charge in [-0.05, 0) is 48.2 Å². The topological polar surface area (TPSA) is 171 Å². The molecule has 188 valence electrons. The molecule has 1 aliphatic rings. The number of rotatable bonds is 9. The Balaban J connectivity index is 1.60. The Morgan fingerprint density at radius 2 is 1.14 bits per heavy atom. The predicted molar refractivity (Wildman–Crippen MR) is 120 cm³/mol. The van der Waals surface area contributed by atoms with Gasteiger partial charge in [0, 0.05) is 25.7 Å². The van der Waals surface area contributed by atoms with Crippen molar-refractivity contribution in [1.82, 2.24) is 0 Å². The number of esters is 2. The zero-order chi connectivity index (χ0) is 25.6. The molecular weight excluding hydrogens is 460 g/mol. The Morgan fingerprint density at radius 1 is 0.771 bits per heavy atom. The van der Waals surface area contributed by atoms with Crippen LogP contribution in [0.3, 0.4) is 0 Å². The molecule has 2 unspecified atom stereocenters. The molecule has 5 N–H and O–H groups in total. The maximum Gasteiger partial charge on any atom is 0.335 e. The number of carbonyl (C=O) groups is 3. The number of aromatic hydroxyl groups is 2. The van der Waals surface area contributed by atoms with E-state index in [-0.39, 0.29) is 37.2 Å². The van der Waals surface area contributed by atoms with E-state index in [9.17, 15) is 39.9 Å². The molecule has 2 atom stereocenters. The van der Waals surface area contributed by atoms with E-state index in [1.54, 1.807) is 24.3 Å². The number of carboxylic acids is 1. The van der Waals surface area contributed by atoms with Gasteiger partial charge in [0.1, 0.15) is 29.8 Å². The number of hydrogen-bond acceptors (Lipinski definition) is 9. The summed E-state index contributed by atoms with van der Waals surface area (Å²) in [6, 6.07) is 12.4. The van der Waals surface area contributed by atoms with E-state index in [1.807, 2.05) is 0 Å². The smallest absolute Gasteiger partial charge is 0.335 e. The van der Waals surface area contributed by atoms with E-state index in [2.05, 4.69) is 0 Å². The lowest BCUT2D eigenvalue weighted by Crippen LogP contribution is -2.58. The number of ether oxygens (including phenoxy) is 2. The maximum atomic E-state index is 12.4. The van der Waals surface area contributed by atoms with Crippen LogP contribution in [0.15, 0.2) is 48.5 Å². The normalized spacial score (nSPS) is 23.9. The Bertz CT molecular complexity index is 958. The number of aliphatic hydroxyl groups excluding tert-OH is 1. The quantitative estimate of drug-likeness (QED) is 0.326. The van der Waals surface area contributed by atoms with Crippen molar-refractivity contribution in [3.05, 3.63) is 59.7 Å². The SMILES string of the molecule is O=C(CCc1ccc(O)cc1)OC1CC(O)(C(=O)O)CC(OC(=O)CCc2ccc(O)cc2)C1O. The van der Waals surface area contributed by atoms with Crippen molar-refractivity contribution in [3.8, 4) is 11.5 Å². The molecule has 10 nitrogen and oxygen atoms in total. The van der Waals surface area contributed by atoms with Crippen molar-refractivity contribution in [1.29, 1.82) is 0 Å². The number of phenols is 2. The summed E-state index contributed by atoms with van der Waals surface area (Å²) >= 11 is 0. The largest absolute Gasteiger partial charge is 0.508 e. The zero-order valence-corrected chi connectivity index (χ0v) is 18.9. The Hall–Kier alpha value is -3.63. The van der Waals surface area contributed by atoms with Gasteiger partial charge in [0.25, 0.3) is 0 Å². The molecule has 1 aliphatic carbocycles. The average molecular weight is 488 g/mol. The van der Waals surface area contributed by atoms with E-state index in [1.165, 1.54) is 24.3 Å². The van der Waals surface area contributed by atoms with Crippen molar-refractivity contribution in [2.24, 2.45) is 0 Å². The van der Waals surface area contributed by atoms with Gasteiger partial charge in [0.15, 0.2) is 5.60 Å². The molecule has 0 amide bonds. The van der Waals surface area contributed by atoms with Gasteiger partial charge in [-0.1, -0.05) is 24.3 Å². The van der Waals surface area contributed by atoms with Gasteiger partial charge < -0.3 is 35.0 Å². The average Bonchev–Trinajstić information content (AvgIpc) is 2.81. The minimum atomic E-state index is -2.36. The van der Waals surface area contributed by atoms with Gasteiger partial charge in [-0.2, -0.15) is 0 Å². The van der Waals surface area contributed by atoms with Gasteiger partial charge in [-0.25, -0.2) is 4.79 Å². The standard InChI is InChI=1S/C25H28O10/c26-17-7-1-15(2-8-17)5-11-21(28)34-19-13-25(33,24(31)32)14-20(23(19)30)35-22(29)12-6-16-3-9-18(27)10-4-16/h1-4,7-10,19-20,23,26-27,30,33H,5-6,11-14H2,(H,31,32). The minimum Gasteiger partial charge on any atom is -0.508 e. The second-order valence-electron chi connectivity index (χ2n) is 8.63. The number of hydrogen-bond donors (Lipinski definition) is 5. The van der Waals surface area contributed by atoms with Crippen LogP contribution < -0.4 is 0 Å². The molecule has 0 radical (unpaired) electrons. The molecule has 0 spiro atoms. The number of carbonyl (C=O) groups excluding carboxylic acids is 2. The highest BCUT2D eigenvalue weighted by atomic mass is 16.6. The molecule has 35 heavy (non-hydrogen) atoms. The van der Waals surface area contributed by atoms with Gasteiger partial charge in [-0.15, -0.1) is 0 Å². The molecular formula is C25H28O10. The van der Waals surface area contributed by atoms with Crippen LogP contribution in [0.4, 0.5) is 0 Å². The van der Waals surface area contributed by atoms with Crippen molar-refractivity contribution in [2.75, 3.05) is 0 Å². The lowest BCUT2D eigenvalue weighted by atomic mass is 9.79. The number of aryl methyl sites for hydroxylation is 2. The summed E-state index contributed by atoms with van der Waals surface area (Å²) < 4.78 is 10.5. The van der Waals surface area contributed by atoms with Gasteiger partial charge in [0.05, 0.1) is 0 Å². The summed E-state index contributed by atoms with van der Waals surface area (Å²) in [5.74, 6) is -2.88. The summed E-state index contributed by atoms with van der Waals surface area (Å²) in [5.41, 5.74) is -0.846. The summed E-state index contributed by atoms with van der Waals surface area (Å²) in [6.45, 7) is 0. The molecule has 1 saturated carbocycles. The third kappa shape index (κ3) is 7.17. The maximum absolute atomic E-state index is 12.4. The van der Waals surface area contributed by atoms with Gasteiger partial charge >= 0.3 is 17.9 Å². The second-order valence-corrected chi connectivity index (χ2v) is 8.63. The first-order chi connectivity index (χ1) is 16.6. The first-order valence-corrected chi connectivity index (χ1v) is 11.1. The second kappa shape index (κ2) is 11.2. The Labute approximate surface area is 201 Å². The molecule has 10 heteroatoms. The van der Waals surface area contributed by atoms with E-state index < -0.39 is 54.7 Å². The molecule has 1 fully saturated rings. The lowest BCUT2D eigenvalue weighted by Gasteiger charge is -2.40. The minimum absolute atomic E-state index is 0.0817. The Morgan fingerprint density at radius 3 is 1.49 bits per heavy atom. The highest BCUT2D eigenvalue weighted by Crippen LogP contribution is 2.33. The highest BCUT2D eigenvalue weighted by molar-refractivity contribution is 5.78. The van der Waals surface area contributed by atoms with E-state index >= 15 is 0 Å². The van der Waals surface area contributed by atoms with Crippen LogP contribution >= 0.6 is 0 Å². The van der Waals surface area contributed by atoms with E-state index in [4.69, 9.17) is 9.47 Å². The van der Waals surface area contributed by atoms with Crippen LogP contribution in [0.2, 0.25) is 0 Å². The van der Waals surface area contributed by atoms with Crippen LogP contribution in [-0.4, -0.2) is 67.4 Å². The van der Waals surface area contributed by atoms with Crippen LogP contribution in [0.1, 0.15) is 36.8 Å². The first kappa shape index (κ1) is 26.0. The summed E-state index contributed by atoms with van der Waals surface area (Å²) in [7, 11) is 0. The van der Waals surface area contributed by atoms with Crippen molar-refractivity contribution < 1.29 is 49.4 Å². The van der Waals surface area contributed by atoms with Crippen molar-refractivity contribution in [3.63, 3.8) is 0 Å². The summed E-state index contributed by atoms with van der Waals surface area (Å²) in [4.78, 5) is 36.4.